The number of allylic oxidation sites excluding steroid dienone is 2. The molecule has 0 aliphatic carbocycles. The maximum Gasteiger partial charge on any atom is 0.119 e. The van der Waals surface area contributed by atoms with E-state index in [1.807, 2.05) is 36.5 Å². The lowest BCUT2D eigenvalue weighted by atomic mass is 10.1. The largest absolute Gasteiger partial charge is 0.493 e. The Kier molecular flexibility index (Phi) is 7.68. The van der Waals surface area contributed by atoms with Crippen LogP contribution >= 0.6 is 0 Å². The second-order valence-corrected chi connectivity index (χ2v) is 6.77. The lowest BCUT2D eigenvalue weighted by molar-refractivity contribution is 0.320. The van der Waals surface area contributed by atoms with Crippen molar-refractivity contribution >= 4 is 12.2 Å². The van der Waals surface area contributed by atoms with Gasteiger partial charge in [0, 0.05) is 37.3 Å². The van der Waals surface area contributed by atoms with E-state index >= 15 is 0 Å². The van der Waals surface area contributed by atoms with E-state index in [4.69, 9.17) is 4.74 Å². The zero-order valence-electron chi connectivity index (χ0n) is 16.5. The Morgan fingerprint density at radius 1 is 0.964 bits per heavy atom. The summed E-state index contributed by atoms with van der Waals surface area (Å²) < 4.78 is 8.00. The van der Waals surface area contributed by atoms with Crippen molar-refractivity contribution in [1.29, 1.82) is 0 Å². The van der Waals surface area contributed by atoms with Gasteiger partial charge in [-0.05, 0) is 67.3 Å². The summed E-state index contributed by atoms with van der Waals surface area (Å²) in [5, 5.41) is 0. The fourth-order valence-electron chi connectivity index (χ4n) is 2.95. The first kappa shape index (κ1) is 19.7. The van der Waals surface area contributed by atoms with Crippen molar-refractivity contribution in [3.05, 3.63) is 96.1 Å². The number of nitrogens with zero attached hydrogens (tertiary/aromatic N) is 2. The van der Waals surface area contributed by atoms with E-state index in [2.05, 4.69) is 71.4 Å². The maximum atomic E-state index is 5.87. The van der Waals surface area contributed by atoms with Crippen LogP contribution in [0.1, 0.15) is 36.2 Å². The van der Waals surface area contributed by atoms with Gasteiger partial charge in [-0.1, -0.05) is 36.4 Å². The molecule has 0 aliphatic heterocycles. The van der Waals surface area contributed by atoms with Gasteiger partial charge in [0.15, 0.2) is 0 Å². The van der Waals surface area contributed by atoms with Crippen molar-refractivity contribution in [1.82, 2.24) is 9.55 Å². The molecule has 2 aromatic heterocycles. The summed E-state index contributed by atoms with van der Waals surface area (Å²) in [6.07, 6.45) is 16.9. The molecule has 3 nitrogen and oxygen atoms in total. The summed E-state index contributed by atoms with van der Waals surface area (Å²) in [4.78, 5) is 4.32. The molecule has 0 atom stereocenters. The summed E-state index contributed by atoms with van der Waals surface area (Å²) >= 11 is 0. The average molecular weight is 373 g/mol. The van der Waals surface area contributed by atoms with E-state index in [-0.39, 0.29) is 0 Å². The Bertz CT molecular complexity index is 894. The third-order valence-corrected chi connectivity index (χ3v) is 4.54. The second kappa shape index (κ2) is 10.9. The zero-order chi connectivity index (χ0) is 19.4. The van der Waals surface area contributed by atoms with Crippen LogP contribution in [0.5, 0.6) is 5.75 Å². The molecule has 0 amide bonds. The number of hydrogen-bond donors (Lipinski definition) is 0. The van der Waals surface area contributed by atoms with Crippen LogP contribution in [0.25, 0.3) is 12.2 Å². The smallest absolute Gasteiger partial charge is 0.119 e. The Morgan fingerprint density at radius 3 is 2.64 bits per heavy atom. The molecule has 0 saturated heterocycles. The number of rotatable bonds is 10. The normalized spacial score (nSPS) is 11.5. The summed E-state index contributed by atoms with van der Waals surface area (Å²) in [5.74, 6) is 0.906. The minimum atomic E-state index is 0.637. The highest BCUT2D eigenvalue weighted by atomic mass is 16.5. The minimum absolute atomic E-state index is 0.637. The summed E-state index contributed by atoms with van der Waals surface area (Å²) in [7, 11) is 2.07. The zero-order valence-corrected chi connectivity index (χ0v) is 16.5. The van der Waals surface area contributed by atoms with E-state index in [9.17, 15) is 0 Å². The van der Waals surface area contributed by atoms with Crippen molar-refractivity contribution in [2.24, 2.45) is 7.05 Å². The van der Waals surface area contributed by atoms with Crippen molar-refractivity contribution < 1.29 is 4.74 Å². The van der Waals surface area contributed by atoms with Crippen LogP contribution < -0.4 is 4.74 Å². The van der Waals surface area contributed by atoms with Crippen molar-refractivity contribution in [2.45, 2.75) is 25.7 Å². The SMILES string of the molecule is Cn1cccc1/C=C/CCC/C=C/c1cccc(OCCc2ccccn2)c1. The molecule has 3 rings (SSSR count). The molecule has 0 fully saturated rings. The molecule has 0 unspecified atom stereocenters. The molecule has 0 aliphatic rings. The Labute approximate surface area is 168 Å². The van der Waals surface area contributed by atoms with E-state index in [0.717, 1.165) is 37.1 Å². The topological polar surface area (TPSA) is 27.1 Å². The molecule has 28 heavy (non-hydrogen) atoms. The molecule has 1 aromatic carbocycles. The quantitative estimate of drug-likeness (QED) is 0.412. The van der Waals surface area contributed by atoms with Gasteiger partial charge in [0.2, 0.25) is 0 Å². The highest BCUT2D eigenvalue weighted by Gasteiger charge is 1.97. The van der Waals surface area contributed by atoms with Gasteiger partial charge < -0.3 is 9.30 Å². The number of pyridine rings is 1. The van der Waals surface area contributed by atoms with E-state index < -0.39 is 0 Å². The molecule has 0 radical (unpaired) electrons. The van der Waals surface area contributed by atoms with Crippen LogP contribution in [0.15, 0.2) is 79.1 Å². The average Bonchev–Trinajstić information content (AvgIpc) is 3.13. The van der Waals surface area contributed by atoms with E-state index in [1.54, 1.807) is 0 Å². The van der Waals surface area contributed by atoms with Crippen LogP contribution in [0.2, 0.25) is 0 Å². The number of ether oxygens (including phenoxy) is 1. The van der Waals surface area contributed by atoms with Crippen molar-refractivity contribution in [2.75, 3.05) is 6.61 Å². The van der Waals surface area contributed by atoms with Gasteiger partial charge in [0.05, 0.1) is 6.61 Å². The van der Waals surface area contributed by atoms with Gasteiger partial charge in [-0.2, -0.15) is 0 Å². The number of aryl methyl sites for hydroxylation is 1. The standard InChI is InChI=1S/C25H28N2O/c1-27-19-10-15-24(27)14-6-4-2-3-5-11-22-12-9-16-25(21-22)28-20-17-23-13-7-8-18-26-23/h5-16,18-19,21H,2-4,17,20H2,1H3/b11-5+,14-6+. The first-order chi connectivity index (χ1) is 13.8. The predicted molar refractivity (Wildman–Crippen MR) is 117 cm³/mol. The summed E-state index contributed by atoms with van der Waals surface area (Å²) in [5.41, 5.74) is 3.48. The fraction of sp³-hybridized carbons (Fsp3) is 0.240. The molecule has 2 heterocycles. The lowest BCUT2D eigenvalue weighted by Crippen LogP contribution is -2.02. The van der Waals surface area contributed by atoms with Gasteiger partial charge in [-0.15, -0.1) is 0 Å². The highest BCUT2D eigenvalue weighted by Crippen LogP contribution is 2.15. The Hall–Kier alpha value is -3.07. The third kappa shape index (κ3) is 6.58. The molecule has 0 saturated carbocycles. The monoisotopic (exact) mass is 372 g/mol. The Balaban J connectivity index is 1.37. The van der Waals surface area contributed by atoms with Gasteiger partial charge in [0.1, 0.15) is 5.75 Å². The van der Waals surface area contributed by atoms with Crippen LogP contribution in [-0.2, 0) is 13.5 Å². The highest BCUT2D eigenvalue weighted by molar-refractivity contribution is 5.51. The number of unbranched alkanes of at least 4 members (excludes halogenated alkanes) is 2. The summed E-state index contributed by atoms with van der Waals surface area (Å²) in [6, 6.07) is 18.4. The van der Waals surface area contributed by atoms with Crippen molar-refractivity contribution in [3.8, 4) is 5.75 Å². The van der Waals surface area contributed by atoms with Gasteiger partial charge >= 0.3 is 0 Å². The maximum absolute atomic E-state index is 5.87. The first-order valence-electron chi connectivity index (χ1n) is 9.88. The lowest BCUT2D eigenvalue weighted by Gasteiger charge is -2.06. The van der Waals surface area contributed by atoms with E-state index in [0.29, 0.717) is 6.61 Å². The van der Waals surface area contributed by atoms with Crippen LogP contribution in [0.3, 0.4) is 0 Å². The number of hydrogen-bond acceptors (Lipinski definition) is 2. The van der Waals surface area contributed by atoms with Crippen LogP contribution in [-0.4, -0.2) is 16.2 Å². The third-order valence-electron chi connectivity index (χ3n) is 4.54. The second-order valence-electron chi connectivity index (χ2n) is 6.77. The number of aromatic nitrogens is 2. The van der Waals surface area contributed by atoms with Crippen molar-refractivity contribution in [3.63, 3.8) is 0 Å². The Morgan fingerprint density at radius 2 is 1.86 bits per heavy atom. The number of benzene rings is 1. The predicted octanol–water partition coefficient (Wildman–Crippen LogP) is 5.94. The van der Waals surface area contributed by atoms with Crippen LogP contribution in [0.4, 0.5) is 0 Å². The van der Waals surface area contributed by atoms with E-state index in [1.165, 1.54) is 11.3 Å². The molecule has 0 bridgehead atoms. The molecule has 3 aromatic rings. The van der Waals surface area contributed by atoms with Crippen LogP contribution in [0, 0.1) is 0 Å². The van der Waals surface area contributed by atoms with Gasteiger partial charge in [-0.3, -0.25) is 4.98 Å². The van der Waals surface area contributed by atoms with Gasteiger partial charge in [0.25, 0.3) is 0 Å². The van der Waals surface area contributed by atoms with Gasteiger partial charge in [-0.25, -0.2) is 0 Å². The molecule has 0 spiro atoms. The molecular formula is C25H28N2O. The molecule has 0 N–H and O–H groups in total. The molecule has 3 heteroatoms. The fourth-order valence-corrected chi connectivity index (χ4v) is 2.95. The first-order valence-corrected chi connectivity index (χ1v) is 9.88. The molecular weight excluding hydrogens is 344 g/mol. The molecule has 144 valence electrons. The minimum Gasteiger partial charge on any atom is -0.493 e. The summed E-state index contributed by atoms with van der Waals surface area (Å²) in [6.45, 7) is 0.637.